The van der Waals surface area contributed by atoms with Crippen LogP contribution in [-0.2, 0) is 18.3 Å². The number of primary amides is 1. The highest BCUT2D eigenvalue weighted by Crippen LogP contribution is 2.23. The van der Waals surface area contributed by atoms with Crippen LogP contribution in [0.1, 0.15) is 31.5 Å². The summed E-state index contributed by atoms with van der Waals surface area (Å²) in [6, 6.07) is 0.529. The molecule has 5 nitrogen and oxygen atoms in total. The monoisotopic (exact) mass is 250 g/mol. The van der Waals surface area contributed by atoms with Crippen LogP contribution in [0.15, 0.2) is 12.4 Å². The Hall–Kier alpha value is -1.36. The summed E-state index contributed by atoms with van der Waals surface area (Å²) in [4.78, 5) is 15.4. The first-order valence-corrected chi connectivity index (χ1v) is 6.65. The van der Waals surface area contributed by atoms with Gasteiger partial charge in [-0.2, -0.15) is 0 Å². The van der Waals surface area contributed by atoms with Crippen molar-refractivity contribution in [3.63, 3.8) is 0 Å². The van der Waals surface area contributed by atoms with Crippen LogP contribution in [0.2, 0.25) is 0 Å². The van der Waals surface area contributed by atoms with Crippen LogP contribution in [0.5, 0.6) is 0 Å². The first-order valence-electron chi connectivity index (χ1n) is 6.65. The summed E-state index contributed by atoms with van der Waals surface area (Å²) in [6.45, 7) is 0.941. The van der Waals surface area contributed by atoms with Gasteiger partial charge in [0.15, 0.2) is 0 Å². The van der Waals surface area contributed by atoms with E-state index in [-0.39, 0.29) is 11.8 Å². The number of nitrogens with zero attached hydrogens (tertiary/aromatic N) is 2. The van der Waals surface area contributed by atoms with Gasteiger partial charge in [0.25, 0.3) is 0 Å². The van der Waals surface area contributed by atoms with E-state index in [0.29, 0.717) is 6.04 Å². The number of nitrogens with one attached hydrogen (secondary N) is 1. The predicted molar refractivity (Wildman–Crippen MR) is 69.9 cm³/mol. The molecule has 1 saturated carbocycles. The zero-order valence-corrected chi connectivity index (χ0v) is 10.9. The highest BCUT2D eigenvalue weighted by Gasteiger charge is 2.24. The Balaban J connectivity index is 1.67. The number of carbonyl (C=O) groups excluding carboxylic acids is 1. The summed E-state index contributed by atoms with van der Waals surface area (Å²) >= 11 is 0. The summed E-state index contributed by atoms with van der Waals surface area (Å²) in [5.74, 6) is 1.06. The van der Waals surface area contributed by atoms with Gasteiger partial charge in [0.2, 0.25) is 5.91 Å². The smallest absolute Gasteiger partial charge is 0.220 e. The lowest BCUT2D eigenvalue weighted by Gasteiger charge is -2.27. The predicted octanol–water partition coefficient (Wildman–Crippen LogP) is 0.596. The molecule has 1 aliphatic rings. The van der Waals surface area contributed by atoms with Gasteiger partial charge in [0.1, 0.15) is 5.82 Å². The lowest BCUT2D eigenvalue weighted by atomic mass is 9.85. The molecule has 0 unspecified atom stereocenters. The van der Waals surface area contributed by atoms with Crippen LogP contribution in [0.4, 0.5) is 0 Å². The van der Waals surface area contributed by atoms with E-state index in [4.69, 9.17) is 5.73 Å². The summed E-state index contributed by atoms with van der Waals surface area (Å²) in [5.41, 5.74) is 5.32. The molecule has 0 saturated heterocycles. The average Bonchev–Trinajstić information content (AvgIpc) is 2.76. The number of nitrogens with two attached hydrogens (primary N) is 1. The topological polar surface area (TPSA) is 72.9 Å². The number of amides is 1. The highest BCUT2D eigenvalue weighted by atomic mass is 16.1. The van der Waals surface area contributed by atoms with Crippen molar-refractivity contribution in [2.24, 2.45) is 18.7 Å². The standard InChI is InChI=1S/C13H22N4O/c1-17-9-8-16-12(17)6-7-15-11-4-2-10(3-5-11)13(14)18/h8-11,15H,2-7H2,1H3,(H2,14,18). The van der Waals surface area contributed by atoms with Crippen molar-refractivity contribution in [3.05, 3.63) is 18.2 Å². The number of hydrogen-bond donors (Lipinski definition) is 2. The minimum Gasteiger partial charge on any atom is -0.369 e. The first-order chi connectivity index (χ1) is 8.66. The fourth-order valence-corrected chi connectivity index (χ4v) is 2.61. The molecule has 2 rings (SSSR count). The Morgan fingerprint density at radius 1 is 1.50 bits per heavy atom. The molecule has 1 amide bonds. The molecule has 3 N–H and O–H groups in total. The van der Waals surface area contributed by atoms with Crippen molar-refractivity contribution in [2.75, 3.05) is 6.54 Å². The second-order valence-electron chi connectivity index (χ2n) is 5.11. The first kappa shape index (κ1) is 13.1. The Morgan fingerprint density at radius 3 is 2.78 bits per heavy atom. The molecule has 18 heavy (non-hydrogen) atoms. The Morgan fingerprint density at radius 2 is 2.22 bits per heavy atom. The number of carbonyl (C=O) groups is 1. The van der Waals surface area contributed by atoms with E-state index in [1.807, 2.05) is 24.0 Å². The summed E-state index contributed by atoms with van der Waals surface area (Å²) in [7, 11) is 2.01. The van der Waals surface area contributed by atoms with Crippen LogP contribution in [-0.4, -0.2) is 28.0 Å². The van der Waals surface area contributed by atoms with Gasteiger partial charge in [-0.1, -0.05) is 0 Å². The molecule has 0 aromatic carbocycles. The molecular formula is C13H22N4O. The van der Waals surface area contributed by atoms with E-state index in [1.165, 1.54) is 0 Å². The van der Waals surface area contributed by atoms with E-state index in [2.05, 4.69) is 10.3 Å². The fraction of sp³-hybridized carbons (Fsp3) is 0.692. The Bertz CT molecular complexity index is 393. The van der Waals surface area contributed by atoms with E-state index >= 15 is 0 Å². The van der Waals surface area contributed by atoms with Crippen LogP contribution in [0.25, 0.3) is 0 Å². The second kappa shape index (κ2) is 6.00. The largest absolute Gasteiger partial charge is 0.369 e. The third kappa shape index (κ3) is 3.32. The summed E-state index contributed by atoms with van der Waals surface area (Å²) in [6.07, 6.45) is 8.69. The van der Waals surface area contributed by atoms with Crippen LogP contribution >= 0.6 is 0 Å². The van der Waals surface area contributed by atoms with Gasteiger partial charge in [-0.15, -0.1) is 0 Å². The third-order valence-corrected chi connectivity index (χ3v) is 3.83. The number of imidazole rings is 1. The van der Waals surface area contributed by atoms with Crippen molar-refractivity contribution < 1.29 is 4.79 Å². The molecule has 0 atom stereocenters. The molecule has 0 spiro atoms. The normalized spacial score (nSPS) is 24.1. The average molecular weight is 250 g/mol. The molecular weight excluding hydrogens is 228 g/mol. The maximum Gasteiger partial charge on any atom is 0.220 e. The third-order valence-electron chi connectivity index (χ3n) is 3.83. The molecule has 1 aliphatic carbocycles. The second-order valence-corrected chi connectivity index (χ2v) is 5.11. The van der Waals surface area contributed by atoms with E-state index in [0.717, 1.165) is 44.5 Å². The Labute approximate surface area is 108 Å². The van der Waals surface area contributed by atoms with Crippen LogP contribution < -0.4 is 11.1 Å². The quantitative estimate of drug-likeness (QED) is 0.803. The number of rotatable bonds is 5. The lowest BCUT2D eigenvalue weighted by molar-refractivity contribution is -0.122. The highest BCUT2D eigenvalue weighted by molar-refractivity contribution is 5.76. The number of hydrogen-bond acceptors (Lipinski definition) is 3. The Kier molecular flexibility index (Phi) is 4.36. The summed E-state index contributed by atoms with van der Waals surface area (Å²) in [5, 5.41) is 3.54. The van der Waals surface area contributed by atoms with Gasteiger partial charge in [-0.05, 0) is 25.7 Å². The maximum atomic E-state index is 11.1. The molecule has 1 heterocycles. The molecule has 5 heteroatoms. The molecule has 1 aromatic heterocycles. The van der Waals surface area contributed by atoms with Crippen molar-refractivity contribution in [3.8, 4) is 0 Å². The molecule has 0 bridgehead atoms. The van der Waals surface area contributed by atoms with Gasteiger partial charge in [0, 0.05) is 44.4 Å². The number of aryl methyl sites for hydroxylation is 1. The zero-order valence-electron chi connectivity index (χ0n) is 10.9. The van der Waals surface area contributed by atoms with Gasteiger partial charge < -0.3 is 15.6 Å². The van der Waals surface area contributed by atoms with Crippen LogP contribution in [0, 0.1) is 5.92 Å². The van der Waals surface area contributed by atoms with Gasteiger partial charge in [0.05, 0.1) is 0 Å². The summed E-state index contributed by atoms with van der Waals surface area (Å²) < 4.78 is 2.05. The fourth-order valence-electron chi connectivity index (χ4n) is 2.61. The minimum atomic E-state index is -0.138. The SMILES string of the molecule is Cn1ccnc1CCNC1CCC(C(N)=O)CC1. The van der Waals surface area contributed by atoms with E-state index in [9.17, 15) is 4.79 Å². The van der Waals surface area contributed by atoms with Gasteiger partial charge >= 0.3 is 0 Å². The van der Waals surface area contributed by atoms with E-state index in [1.54, 1.807) is 0 Å². The van der Waals surface area contributed by atoms with Crippen molar-refractivity contribution in [2.45, 2.75) is 38.1 Å². The van der Waals surface area contributed by atoms with Gasteiger partial charge in [-0.3, -0.25) is 4.79 Å². The number of aromatic nitrogens is 2. The minimum absolute atomic E-state index is 0.0950. The molecule has 0 radical (unpaired) electrons. The van der Waals surface area contributed by atoms with E-state index < -0.39 is 0 Å². The molecule has 100 valence electrons. The van der Waals surface area contributed by atoms with Crippen molar-refractivity contribution in [1.29, 1.82) is 0 Å². The molecule has 1 aromatic rings. The van der Waals surface area contributed by atoms with Crippen LogP contribution in [0.3, 0.4) is 0 Å². The zero-order chi connectivity index (χ0) is 13.0. The van der Waals surface area contributed by atoms with Crippen molar-refractivity contribution in [1.82, 2.24) is 14.9 Å². The maximum absolute atomic E-state index is 11.1. The molecule has 1 fully saturated rings. The molecule has 0 aliphatic heterocycles. The van der Waals surface area contributed by atoms with Gasteiger partial charge in [-0.25, -0.2) is 4.98 Å². The van der Waals surface area contributed by atoms with Crippen molar-refractivity contribution >= 4 is 5.91 Å². The lowest BCUT2D eigenvalue weighted by Crippen LogP contribution is -2.37.